The molecule has 8 nitrogen and oxygen atoms in total. The maximum absolute atomic E-state index is 13.0. The minimum absolute atomic E-state index is 0.0149. The molecule has 1 N–H and O–H groups in total. The smallest absolute Gasteiger partial charge is 0.246 e. The first-order valence-corrected chi connectivity index (χ1v) is 11.5. The molecule has 2 fully saturated rings. The maximum atomic E-state index is 13.0. The molecular formula is C25H30N4O4. The first-order valence-electron chi connectivity index (χ1n) is 11.5. The number of aryl methyl sites for hydroxylation is 1. The summed E-state index contributed by atoms with van der Waals surface area (Å²) in [4.78, 5) is 41.6. The van der Waals surface area contributed by atoms with E-state index in [-0.39, 0.29) is 29.6 Å². The third-order valence-corrected chi connectivity index (χ3v) is 6.43. The lowest BCUT2D eigenvalue weighted by Gasteiger charge is -2.36. The Kier molecular flexibility index (Phi) is 7.22. The molecule has 33 heavy (non-hydrogen) atoms. The van der Waals surface area contributed by atoms with Crippen LogP contribution in [0.2, 0.25) is 0 Å². The Hall–Kier alpha value is -3.42. The summed E-state index contributed by atoms with van der Waals surface area (Å²) in [5.41, 5.74) is 0.990. The molecule has 0 unspecified atom stereocenters. The van der Waals surface area contributed by atoms with Crippen LogP contribution in [0.15, 0.2) is 47.0 Å². The Labute approximate surface area is 193 Å². The van der Waals surface area contributed by atoms with Crippen LogP contribution in [0.5, 0.6) is 0 Å². The van der Waals surface area contributed by atoms with Gasteiger partial charge in [0.05, 0.1) is 0 Å². The van der Waals surface area contributed by atoms with Gasteiger partial charge in [0.2, 0.25) is 17.7 Å². The van der Waals surface area contributed by atoms with Crippen LogP contribution < -0.4 is 5.32 Å². The molecule has 0 saturated carbocycles. The molecule has 2 saturated heterocycles. The van der Waals surface area contributed by atoms with Crippen molar-refractivity contribution in [3.8, 4) is 0 Å². The van der Waals surface area contributed by atoms with Gasteiger partial charge >= 0.3 is 0 Å². The fourth-order valence-electron chi connectivity index (χ4n) is 4.46. The second-order valence-electron chi connectivity index (χ2n) is 8.76. The second-order valence-corrected chi connectivity index (χ2v) is 8.76. The SMILES string of the molecule is Cc1cc(NC(=O)C2CCN(C(=O)C3CCN(C(=O)/C=C/c4ccccc4)CC3)CC2)no1. The molecular weight excluding hydrogens is 420 g/mol. The highest BCUT2D eigenvalue weighted by molar-refractivity contribution is 5.92. The van der Waals surface area contributed by atoms with Crippen LogP contribution in [0.1, 0.15) is 37.0 Å². The zero-order valence-electron chi connectivity index (χ0n) is 18.9. The summed E-state index contributed by atoms with van der Waals surface area (Å²) in [6.07, 6.45) is 6.05. The second kappa shape index (κ2) is 10.5. The van der Waals surface area contributed by atoms with Gasteiger partial charge in [-0.25, -0.2) is 0 Å². The van der Waals surface area contributed by atoms with Crippen molar-refractivity contribution in [2.24, 2.45) is 11.8 Å². The lowest BCUT2D eigenvalue weighted by Crippen LogP contribution is -2.47. The van der Waals surface area contributed by atoms with E-state index in [1.807, 2.05) is 46.2 Å². The largest absolute Gasteiger partial charge is 0.360 e. The van der Waals surface area contributed by atoms with Gasteiger partial charge in [-0.15, -0.1) is 0 Å². The highest BCUT2D eigenvalue weighted by Crippen LogP contribution is 2.25. The summed E-state index contributed by atoms with van der Waals surface area (Å²) in [5.74, 6) is 0.928. The van der Waals surface area contributed by atoms with Crippen LogP contribution in [0, 0.1) is 18.8 Å². The number of rotatable bonds is 5. The molecule has 0 spiro atoms. The number of carbonyl (C=O) groups excluding carboxylic acids is 3. The van der Waals surface area contributed by atoms with Crippen molar-refractivity contribution in [3.63, 3.8) is 0 Å². The predicted molar refractivity (Wildman–Crippen MR) is 124 cm³/mol. The van der Waals surface area contributed by atoms with Gasteiger partial charge in [0, 0.05) is 50.2 Å². The molecule has 0 radical (unpaired) electrons. The molecule has 8 heteroatoms. The highest BCUT2D eigenvalue weighted by Gasteiger charge is 2.33. The van der Waals surface area contributed by atoms with Crippen LogP contribution in [0.25, 0.3) is 6.08 Å². The van der Waals surface area contributed by atoms with Crippen molar-refractivity contribution >= 4 is 29.6 Å². The summed E-state index contributed by atoms with van der Waals surface area (Å²) >= 11 is 0. The third-order valence-electron chi connectivity index (χ3n) is 6.43. The van der Waals surface area contributed by atoms with Gasteiger partial charge in [0.25, 0.3) is 0 Å². The summed E-state index contributed by atoms with van der Waals surface area (Å²) in [5, 5.41) is 6.58. The van der Waals surface area contributed by atoms with Crippen LogP contribution in [-0.2, 0) is 14.4 Å². The van der Waals surface area contributed by atoms with Crippen molar-refractivity contribution in [2.75, 3.05) is 31.5 Å². The molecule has 4 rings (SSSR count). The maximum Gasteiger partial charge on any atom is 0.246 e. The number of anilines is 1. The number of aromatic nitrogens is 1. The van der Waals surface area contributed by atoms with Gasteiger partial charge in [-0.2, -0.15) is 0 Å². The number of hydrogen-bond donors (Lipinski definition) is 1. The van der Waals surface area contributed by atoms with Gasteiger partial charge in [-0.05, 0) is 44.2 Å². The van der Waals surface area contributed by atoms with Gasteiger partial charge in [-0.1, -0.05) is 35.5 Å². The first-order chi connectivity index (χ1) is 16.0. The van der Waals surface area contributed by atoms with E-state index in [2.05, 4.69) is 10.5 Å². The van der Waals surface area contributed by atoms with Crippen molar-refractivity contribution in [1.29, 1.82) is 0 Å². The van der Waals surface area contributed by atoms with E-state index in [0.717, 1.165) is 5.56 Å². The molecule has 3 heterocycles. The molecule has 2 aromatic rings. The lowest BCUT2D eigenvalue weighted by atomic mass is 9.91. The van der Waals surface area contributed by atoms with Gasteiger partial charge in [-0.3, -0.25) is 14.4 Å². The number of amides is 3. The van der Waals surface area contributed by atoms with E-state index >= 15 is 0 Å². The molecule has 2 aliphatic rings. The Morgan fingerprint density at radius 3 is 2.24 bits per heavy atom. The number of benzene rings is 1. The number of nitrogens with zero attached hydrogens (tertiary/aromatic N) is 3. The highest BCUT2D eigenvalue weighted by atomic mass is 16.5. The van der Waals surface area contributed by atoms with Gasteiger partial charge < -0.3 is 19.6 Å². The molecule has 0 aliphatic carbocycles. The molecule has 2 aliphatic heterocycles. The Morgan fingerprint density at radius 2 is 1.61 bits per heavy atom. The fraction of sp³-hybridized carbons (Fsp3) is 0.440. The zero-order valence-corrected chi connectivity index (χ0v) is 18.9. The molecule has 0 atom stereocenters. The van der Waals surface area contributed by atoms with E-state index in [4.69, 9.17) is 4.52 Å². The molecule has 0 bridgehead atoms. The predicted octanol–water partition coefficient (Wildman–Crippen LogP) is 3.11. The standard InChI is InChI=1S/C25H30N4O4/c1-18-17-22(27-33-18)26-24(31)20-9-15-29(16-10-20)25(32)21-11-13-28(14-12-21)23(30)8-7-19-5-3-2-4-6-19/h2-8,17,20-21H,9-16H2,1H3,(H,26,27,31)/b8-7+. The summed E-state index contributed by atoms with van der Waals surface area (Å²) in [7, 11) is 0. The van der Waals surface area contributed by atoms with Crippen LogP contribution in [-0.4, -0.2) is 58.9 Å². The number of hydrogen-bond acceptors (Lipinski definition) is 5. The monoisotopic (exact) mass is 450 g/mol. The Balaban J connectivity index is 1.20. The van der Waals surface area contributed by atoms with Crippen molar-refractivity contribution < 1.29 is 18.9 Å². The topological polar surface area (TPSA) is 95.8 Å². The number of nitrogens with one attached hydrogen (secondary N) is 1. The summed E-state index contributed by atoms with van der Waals surface area (Å²) in [6.45, 7) is 4.10. The van der Waals surface area contributed by atoms with Crippen LogP contribution in [0.3, 0.4) is 0 Å². The van der Waals surface area contributed by atoms with E-state index in [1.54, 1.807) is 19.1 Å². The van der Waals surface area contributed by atoms with Crippen LogP contribution in [0.4, 0.5) is 5.82 Å². The van der Waals surface area contributed by atoms with E-state index in [0.29, 0.717) is 63.4 Å². The minimum Gasteiger partial charge on any atom is -0.360 e. The van der Waals surface area contributed by atoms with Gasteiger partial charge in [0.15, 0.2) is 5.82 Å². The zero-order chi connectivity index (χ0) is 23.2. The van der Waals surface area contributed by atoms with E-state index < -0.39 is 0 Å². The van der Waals surface area contributed by atoms with Gasteiger partial charge in [0.1, 0.15) is 5.76 Å². The third kappa shape index (κ3) is 5.88. The quantitative estimate of drug-likeness (QED) is 0.706. The molecule has 174 valence electrons. The number of carbonyl (C=O) groups is 3. The molecule has 1 aromatic carbocycles. The average Bonchev–Trinajstić information content (AvgIpc) is 3.27. The van der Waals surface area contributed by atoms with Crippen LogP contribution >= 0.6 is 0 Å². The normalized spacial score (nSPS) is 18.0. The average molecular weight is 451 g/mol. The van der Waals surface area contributed by atoms with E-state index in [9.17, 15) is 14.4 Å². The number of likely N-dealkylation sites (tertiary alicyclic amines) is 2. The Bertz CT molecular complexity index is 1000. The van der Waals surface area contributed by atoms with E-state index in [1.165, 1.54) is 0 Å². The van der Waals surface area contributed by atoms with Crippen molar-refractivity contribution in [1.82, 2.24) is 15.0 Å². The fourth-order valence-corrected chi connectivity index (χ4v) is 4.46. The first kappa shape index (κ1) is 22.8. The number of piperidine rings is 2. The van der Waals surface area contributed by atoms with Crippen molar-refractivity contribution in [3.05, 3.63) is 53.8 Å². The summed E-state index contributed by atoms with van der Waals surface area (Å²) < 4.78 is 4.98. The van der Waals surface area contributed by atoms with Crippen molar-refractivity contribution in [2.45, 2.75) is 32.6 Å². The molecule has 3 amide bonds. The lowest BCUT2D eigenvalue weighted by molar-refractivity contribution is -0.141. The summed E-state index contributed by atoms with van der Waals surface area (Å²) in [6, 6.07) is 11.4. The minimum atomic E-state index is -0.137. The Morgan fingerprint density at radius 1 is 0.970 bits per heavy atom. The molecule has 1 aromatic heterocycles.